The number of carbonyl (C=O) groups excluding carboxylic acids is 1. The molecule has 0 saturated heterocycles. The number of carbonyl (C=O) groups is 1. The zero-order valence-corrected chi connectivity index (χ0v) is 15.4. The van der Waals surface area contributed by atoms with E-state index in [4.69, 9.17) is 16.3 Å². The van der Waals surface area contributed by atoms with Gasteiger partial charge in [-0.15, -0.1) is 0 Å². The molecule has 1 rings (SSSR count). The van der Waals surface area contributed by atoms with Crippen LogP contribution in [0.4, 0.5) is 5.69 Å². The molecule has 0 aromatic heterocycles. The van der Waals surface area contributed by atoms with Crippen molar-refractivity contribution in [2.75, 3.05) is 24.2 Å². The first-order valence-electron chi connectivity index (χ1n) is 7.29. The second kappa shape index (κ2) is 8.40. The minimum absolute atomic E-state index is 0.0184. The van der Waals surface area contributed by atoms with Crippen molar-refractivity contribution in [2.45, 2.75) is 32.7 Å². The molecule has 1 amide bonds. The van der Waals surface area contributed by atoms with Gasteiger partial charge < -0.3 is 10.1 Å². The first-order chi connectivity index (χ1) is 10.7. The number of amides is 1. The number of methoxy groups -OCH3 is 1. The highest BCUT2D eigenvalue weighted by atomic mass is 35.5. The van der Waals surface area contributed by atoms with Crippen molar-refractivity contribution in [3.05, 3.63) is 23.2 Å². The lowest BCUT2D eigenvalue weighted by Gasteiger charge is -2.24. The summed E-state index contributed by atoms with van der Waals surface area (Å²) in [6.07, 6.45) is 2.79. The molecule has 0 aliphatic rings. The summed E-state index contributed by atoms with van der Waals surface area (Å²) in [5.41, 5.74) is 0.237. The van der Waals surface area contributed by atoms with E-state index in [0.29, 0.717) is 10.8 Å². The topological polar surface area (TPSA) is 75.7 Å². The lowest BCUT2D eigenvalue weighted by Crippen LogP contribution is -2.43. The summed E-state index contributed by atoms with van der Waals surface area (Å²) in [6, 6.07) is 4.60. The molecule has 0 heterocycles. The zero-order chi connectivity index (χ0) is 17.6. The maximum atomic E-state index is 12.2. The van der Waals surface area contributed by atoms with Crippen LogP contribution in [0.15, 0.2) is 18.2 Å². The summed E-state index contributed by atoms with van der Waals surface area (Å²) in [5.74, 6) is -0.0485. The van der Waals surface area contributed by atoms with Crippen LogP contribution in [-0.4, -0.2) is 40.3 Å². The lowest BCUT2D eigenvalue weighted by atomic mass is 10.2. The van der Waals surface area contributed by atoms with Crippen LogP contribution in [0.2, 0.25) is 5.02 Å². The third-order valence-corrected chi connectivity index (χ3v) is 4.59. The molecule has 1 atom stereocenters. The van der Waals surface area contributed by atoms with Gasteiger partial charge in [-0.1, -0.05) is 24.9 Å². The predicted molar refractivity (Wildman–Crippen MR) is 92.7 cm³/mol. The molecule has 1 aromatic rings. The molecule has 6 nitrogen and oxygen atoms in total. The number of ether oxygens (including phenoxy) is 1. The third kappa shape index (κ3) is 5.91. The van der Waals surface area contributed by atoms with Crippen LogP contribution >= 0.6 is 11.6 Å². The molecule has 0 aliphatic heterocycles. The molecule has 130 valence electrons. The fraction of sp³-hybridized carbons (Fsp3) is 0.533. The van der Waals surface area contributed by atoms with Gasteiger partial charge in [0.2, 0.25) is 15.9 Å². The quantitative estimate of drug-likeness (QED) is 0.770. The van der Waals surface area contributed by atoms with Gasteiger partial charge in [-0.05, 0) is 31.5 Å². The second-order valence-electron chi connectivity index (χ2n) is 5.34. The highest BCUT2D eigenvalue weighted by Gasteiger charge is 2.24. The molecule has 1 aromatic carbocycles. The number of hydrogen-bond donors (Lipinski definition) is 1. The average Bonchev–Trinajstić information content (AvgIpc) is 2.43. The van der Waals surface area contributed by atoms with Crippen LogP contribution in [0.5, 0.6) is 5.75 Å². The maximum Gasteiger partial charge on any atom is 0.240 e. The minimum Gasteiger partial charge on any atom is -0.495 e. The Kier molecular flexibility index (Phi) is 7.15. The summed E-state index contributed by atoms with van der Waals surface area (Å²) < 4.78 is 30.4. The summed E-state index contributed by atoms with van der Waals surface area (Å²) >= 11 is 5.95. The number of rotatable bonds is 8. The number of nitrogens with zero attached hydrogens (tertiary/aromatic N) is 1. The van der Waals surface area contributed by atoms with Crippen molar-refractivity contribution in [2.24, 2.45) is 0 Å². The van der Waals surface area contributed by atoms with Gasteiger partial charge in [0.1, 0.15) is 12.3 Å². The molecule has 1 N–H and O–H groups in total. The molecule has 0 bridgehead atoms. The van der Waals surface area contributed by atoms with Crippen molar-refractivity contribution in [1.29, 1.82) is 0 Å². The lowest BCUT2D eigenvalue weighted by molar-refractivity contribution is -0.120. The van der Waals surface area contributed by atoms with Gasteiger partial charge in [-0.3, -0.25) is 9.10 Å². The van der Waals surface area contributed by atoms with Crippen LogP contribution in [0.25, 0.3) is 0 Å². The molecule has 0 aliphatic carbocycles. The van der Waals surface area contributed by atoms with Gasteiger partial charge >= 0.3 is 0 Å². The van der Waals surface area contributed by atoms with E-state index in [1.165, 1.54) is 13.2 Å². The second-order valence-corrected chi connectivity index (χ2v) is 7.69. The van der Waals surface area contributed by atoms with E-state index in [0.717, 1.165) is 23.4 Å². The van der Waals surface area contributed by atoms with Gasteiger partial charge in [0.25, 0.3) is 0 Å². The Morgan fingerprint density at radius 3 is 2.61 bits per heavy atom. The summed E-state index contributed by atoms with van der Waals surface area (Å²) in [6.45, 7) is 3.57. The van der Waals surface area contributed by atoms with Gasteiger partial charge in [0, 0.05) is 11.1 Å². The summed E-state index contributed by atoms with van der Waals surface area (Å²) in [5, 5.41) is 3.14. The summed E-state index contributed by atoms with van der Waals surface area (Å²) in [4.78, 5) is 12.2. The smallest absolute Gasteiger partial charge is 0.240 e. The van der Waals surface area contributed by atoms with Crippen molar-refractivity contribution < 1.29 is 17.9 Å². The third-order valence-electron chi connectivity index (χ3n) is 3.23. The molecule has 0 fully saturated rings. The number of anilines is 1. The predicted octanol–water partition coefficient (Wildman–Crippen LogP) is 2.42. The average molecular weight is 363 g/mol. The SMILES string of the molecule is CCC[C@@H](C)NC(=O)CN(c1cc(Cl)ccc1OC)S(C)(=O)=O. The van der Waals surface area contributed by atoms with Crippen LogP contribution in [-0.2, 0) is 14.8 Å². The van der Waals surface area contributed by atoms with Crippen LogP contribution in [0, 0.1) is 0 Å². The Hall–Kier alpha value is -1.47. The van der Waals surface area contributed by atoms with E-state index in [1.807, 2.05) is 13.8 Å². The molecule has 0 unspecified atom stereocenters. The zero-order valence-electron chi connectivity index (χ0n) is 13.8. The summed E-state index contributed by atoms with van der Waals surface area (Å²) in [7, 11) is -2.25. The van der Waals surface area contributed by atoms with Gasteiger partial charge in [-0.2, -0.15) is 0 Å². The minimum atomic E-state index is -3.68. The Bertz CT molecular complexity index is 649. The van der Waals surface area contributed by atoms with Crippen molar-refractivity contribution in [3.8, 4) is 5.75 Å². The number of nitrogens with one attached hydrogen (secondary N) is 1. The number of halogens is 1. The van der Waals surface area contributed by atoms with Gasteiger partial charge in [0.05, 0.1) is 19.1 Å². The Balaban J connectivity index is 3.08. The van der Waals surface area contributed by atoms with Crippen molar-refractivity contribution in [3.63, 3.8) is 0 Å². The standard InChI is InChI=1S/C15H23ClN2O4S/c1-5-6-11(2)17-15(19)10-18(23(4,20)21)13-9-12(16)7-8-14(13)22-3/h7-9,11H,5-6,10H2,1-4H3,(H,17,19)/t11-/m1/s1. The van der Waals surface area contributed by atoms with E-state index >= 15 is 0 Å². The monoisotopic (exact) mass is 362 g/mol. The fourth-order valence-electron chi connectivity index (χ4n) is 2.20. The van der Waals surface area contributed by atoms with E-state index in [1.54, 1.807) is 12.1 Å². The molecular weight excluding hydrogens is 340 g/mol. The van der Waals surface area contributed by atoms with E-state index in [2.05, 4.69) is 5.32 Å². The molecule has 8 heteroatoms. The Morgan fingerprint density at radius 1 is 1.43 bits per heavy atom. The largest absolute Gasteiger partial charge is 0.495 e. The first-order valence-corrected chi connectivity index (χ1v) is 9.52. The number of benzene rings is 1. The Labute approximate surface area is 142 Å². The molecular formula is C15H23ClN2O4S. The first kappa shape index (κ1) is 19.6. The Morgan fingerprint density at radius 2 is 2.09 bits per heavy atom. The fourth-order valence-corrected chi connectivity index (χ4v) is 3.21. The molecule has 23 heavy (non-hydrogen) atoms. The van der Waals surface area contributed by atoms with Crippen LogP contribution < -0.4 is 14.4 Å². The van der Waals surface area contributed by atoms with E-state index < -0.39 is 10.0 Å². The van der Waals surface area contributed by atoms with Crippen LogP contribution in [0.3, 0.4) is 0 Å². The van der Waals surface area contributed by atoms with Gasteiger partial charge in [-0.25, -0.2) is 8.42 Å². The van der Waals surface area contributed by atoms with E-state index in [9.17, 15) is 13.2 Å². The van der Waals surface area contributed by atoms with Gasteiger partial charge in [0.15, 0.2) is 0 Å². The highest BCUT2D eigenvalue weighted by molar-refractivity contribution is 7.92. The maximum absolute atomic E-state index is 12.2. The van der Waals surface area contributed by atoms with Crippen molar-refractivity contribution >= 4 is 33.2 Å². The van der Waals surface area contributed by atoms with Crippen LogP contribution in [0.1, 0.15) is 26.7 Å². The number of hydrogen-bond acceptors (Lipinski definition) is 4. The van der Waals surface area contributed by atoms with E-state index in [-0.39, 0.29) is 24.2 Å². The highest BCUT2D eigenvalue weighted by Crippen LogP contribution is 2.32. The molecule has 0 spiro atoms. The van der Waals surface area contributed by atoms with Crippen molar-refractivity contribution in [1.82, 2.24) is 5.32 Å². The normalized spacial score (nSPS) is 12.6. The number of sulfonamides is 1. The molecule has 0 saturated carbocycles. The molecule has 0 radical (unpaired) electrons.